The Hall–Kier alpha value is -1.68. The van der Waals surface area contributed by atoms with Crippen LogP contribution in [0.15, 0.2) is 24.3 Å². The number of aryl methyl sites for hydroxylation is 2. The lowest BCUT2D eigenvalue weighted by atomic mass is 10.1. The van der Waals surface area contributed by atoms with Crippen molar-refractivity contribution in [3.63, 3.8) is 0 Å². The minimum Gasteiger partial charge on any atom is -0.347 e. The highest BCUT2D eigenvalue weighted by Crippen LogP contribution is 2.26. The van der Waals surface area contributed by atoms with Crippen molar-refractivity contribution >= 4 is 22.3 Å². The van der Waals surface area contributed by atoms with Gasteiger partial charge in [-0.1, -0.05) is 41.2 Å². The van der Waals surface area contributed by atoms with Gasteiger partial charge in [0.2, 0.25) is 0 Å². The first-order chi connectivity index (χ1) is 8.97. The molecule has 19 heavy (non-hydrogen) atoms. The molecule has 0 saturated carbocycles. The van der Waals surface area contributed by atoms with E-state index >= 15 is 0 Å². The van der Waals surface area contributed by atoms with E-state index < -0.39 is 0 Å². The molecule has 3 nitrogen and oxygen atoms in total. The quantitative estimate of drug-likeness (QED) is 0.799. The molecule has 0 atom stereocenters. The molecule has 0 N–H and O–H groups in total. The van der Waals surface area contributed by atoms with Crippen molar-refractivity contribution in [1.29, 1.82) is 0 Å². The van der Waals surface area contributed by atoms with Crippen molar-refractivity contribution < 1.29 is 4.79 Å². The zero-order chi connectivity index (χ0) is 14.0. The third kappa shape index (κ3) is 3.20. The van der Waals surface area contributed by atoms with Crippen molar-refractivity contribution in [2.75, 3.05) is 11.9 Å². The maximum absolute atomic E-state index is 11.4. The maximum atomic E-state index is 11.4. The Kier molecular flexibility index (Phi) is 4.00. The van der Waals surface area contributed by atoms with Crippen LogP contribution in [0.3, 0.4) is 0 Å². The molecule has 2 rings (SSSR count). The summed E-state index contributed by atoms with van der Waals surface area (Å²) in [6.45, 7) is 6.35. The van der Waals surface area contributed by atoms with Gasteiger partial charge in [-0.15, -0.1) is 0 Å². The van der Waals surface area contributed by atoms with E-state index in [2.05, 4.69) is 41.1 Å². The van der Waals surface area contributed by atoms with Crippen LogP contribution in [0.2, 0.25) is 0 Å². The second kappa shape index (κ2) is 5.53. The van der Waals surface area contributed by atoms with Gasteiger partial charge in [-0.2, -0.15) is 0 Å². The highest BCUT2D eigenvalue weighted by atomic mass is 32.1. The summed E-state index contributed by atoms with van der Waals surface area (Å²) in [6, 6.07) is 8.46. The Labute approximate surface area is 117 Å². The van der Waals surface area contributed by atoms with E-state index in [0.717, 1.165) is 22.2 Å². The van der Waals surface area contributed by atoms with Gasteiger partial charge in [-0.25, -0.2) is 4.98 Å². The number of hydrogen-bond donors (Lipinski definition) is 0. The van der Waals surface area contributed by atoms with E-state index in [0.29, 0.717) is 0 Å². The summed E-state index contributed by atoms with van der Waals surface area (Å²) in [5.74, 6) is 0.0879. The molecule has 1 aromatic heterocycles. The van der Waals surface area contributed by atoms with Gasteiger partial charge in [-0.3, -0.25) is 4.79 Å². The van der Waals surface area contributed by atoms with Gasteiger partial charge in [0.15, 0.2) is 10.9 Å². The zero-order valence-corrected chi connectivity index (χ0v) is 12.5. The Balaban J connectivity index is 2.15. The Bertz CT molecular complexity index is 587. The molecule has 0 aliphatic heterocycles. The Morgan fingerprint density at radius 3 is 2.42 bits per heavy atom. The van der Waals surface area contributed by atoms with Gasteiger partial charge in [0.25, 0.3) is 0 Å². The monoisotopic (exact) mass is 274 g/mol. The zero-order valence-electron chi connectivity index (χ0n) is 11.7. The van der Waals surface area contributed by atoms with Crippen LogP contribution in [-0.4, -0.2) is 17.8 Å². The number of Topliss-reactive ketones (excluding diaryl/α,β-unsaturated/α-hetero) is 1. The Morgan fingerprint density at radius 1 is 1.26 bits per heavy atom. The molecule has 4 heteroatoms. The number of nitrogens with zero attached hydrogens (tertiary/aromatic N) is 2. The van der Waals surface area contributed by atoms with Crippen LogP contribution in [0, 0.1) is 13.8 Å². The molecule has 0 aliphatic rings. The molecule has 2 aromatic rings. The number of thiazole rings is 1. The topological polar surface area (TPSA) is 33.2 Å². The number of aromatic nitrogens is 1. The Morgan fingerprint density at radius 2 is 1.89 bits per heavy atom. The van der Waals surface area contributed by atoms with Crippen molar-refractivity contribution in [2.24, 2.45) is 0 Å². The van der Waals surface area contributed by atoms with E-state index in [1.54, 1.807) is 6.92 Å². The summed E-state index contributed by atoms with van der Waals surface area (Å²) in [5, 5.41) is 0.892. The van der Waals surface area contributed by atoms with Crippen LogP contribution in [-0.2, 0) is 6.54 Å². The van der Waals surface area contributed by atoms with Gasteiger partial charge in [0.1, 0.15) is 0 Å². The number of carbonyl (C=O) groups is 1. The number of anilines is 1. The molecule has 0 bridgehead atoms. The lowest BCUT2D eigenvalue weighted by Gasteiger charge is -2.15. The largest absolute Gasteiger partial charge is 0.347 e. The van der Waals surface area contributed by atoms with Crippen LogP contribution >= 0.6 is 11.3 Å². The number of rotatable bonds is 4. The molecule has 0 fully saturated rings. The van der Waals surface area contributed by atoms with E-state index in [9.17, 15) is 4.79 Å². The molecule has 0 saturated heterocycles. The number of benzene rings is 1. The highest BCUT2D eigenvalue weighted by Gasteiger charge is 2.14. The van der Waals surface area contributed by atoms with Crippen LogP contribution in [0.1, 0.15) is 33.4 Å². The fourth-order valence-electron chi connectivity index (χ4n) is 1.91. The summed E-state index contributed by atoms with van der Waals surface area (Å²) in [7, 11) is 2.00. The van der Waals surface area contributed by atoms with Gasteiger partial charge in [0, 0.05) is 20.5 Å². The smallest absolute Gasteiger partial charge is 0.186 e. The number of carbonyl (C=O) groups excluding carboxylic acids is 1. The first kappa shape index (κ1) is 13.7. The summed E-state index contributed by atoms with van der Waals surface area (Å²) < 4.78 is 0. The average Bonchev–Trinajstić information content (AvgIpc) is 2.74. The molecular formula is C15H18N2OS. The summed E-state index contributed by atoms with van der Waals surface area (Å²) in [4.78, 5) is 18.8. The second-order valence-electron chi connectivity index (χ2n) is 4.81. The highest BCUT2D eigenvalue weighted by molar-refractivity contribution is 7.17. The number of hydrogen-bond acceptors (Lipinski definition) is 4. The van der Waals surface area contributed by atoms with Crippen LogP contribution in [0.4, 0.5) is 5.13 Å². The fraction of sp³-hybridized carbons (Fsp3) is 0.333. The molecule has 0 amide bonds. The fourth-order valence-corrected chi connectivity index (χ4v) is 2.83. The lowest BCUT2D eigenvalue weighted by Crippen LogP contribution is -2.15. The molecule has 0 unspecified atom stereocenters. The SMILES string of the molecule is CC(=O)c1sc(N(C)Cc2ccc(C)cc2)nc1C. The average molecular weight is 274 g/mol. The standard InChI is InChI=1S/C15H18N2OS/c1-10-5-7-13(8-6-10)9-17(4)15-16-11(2)14(19-15)12(3)18/h5-8H,9H2,1-4H3. The molecule has 0 aliphatic carbocycles. The summed E-state index contributed by atoms with van der Waals surface area (Å²) in [5.41, 5.74) is 3.32. The van der Waals surface area contributed by atoms with Gasteiger partial charge < -0.3 is 4.90 Å². The first-order valence-electron chi connectivity index (χ1n) is 6.22. The normalized spacial score (nSPS) is 10.5. The predicted octanol–water partition coefficient (Wildman–Crippen LogP) is 3.60. The van der Waals surface area contributed by atoms with Crippen LogP contribution < -0.4 is 4.90 Å². The van der Waals surface area contributed by atoms with Crippen molar-refractivity contribution in [2.45, 2.75) is 27.3 Å². The van der Waals surface area contributed by atoms with Gasteiger partial charge in [0.05, 0.1) is 10.6 Å². The summed E-state index contributed by atoms with van der Waals surface area (Å²) >= 11 is 1.46. The molecule has 1 heterocycles. The third-order valence-corrected chi connectivity index (χ3v) is 4.34. The van der Waals surface area contributed by atoms with Crippen LogP contribution in [0.5, 0.6) is 0 Å². The van der Waals surface area contributed by atoms with Crippen molar-refractivity contribution in [3.8, 4) is 0 Å². The first-order valence-corrected chi connectivity index (χ1v) is 7.04. The van der Waals surface area contributed by atoms with Gasteiger partial charge in [-0.05, 0) is 19.4 Å². The van der Waals surface area contributed by atoms with E-state index in [1.165, 1.54) is 22.5 Å². The van der Waals surface area contributed by atoms with Crippen LogP contribution in [0.25, 0.3) is 0 Å². The van der Waals surface area contributed by atoms with E-state index in [4.69, 9.17) is 0 Å². The number of ketones is 1. The van der Waals surface area contributed by atoms with Gasteiger partial charge >= 0.3 is 0 Å². The maximum Gasteiger partial charge on any atom is 0.186 e. The third-order valence-electron chi connectivity index (χ3n) is 2.97. The lowest BCUT2D eigenvalue weighted by molar-refractivity contribution is 0.102. The molecular weight excluding hydrogens is 256 g/mol. The van der Waals surface area contributed by atoms with E-state index in [-0.39, 0.29) is 5.78 Å². The van der Waals surface area contributed by atoms with Crippen molar-refractivity contribution in [3.05, 3.63) is 46.0 Å². The minimum absolute atomic E-state index is 0.0879. The molecule has 0 radical (unpaired) electrons. The second-order valence-corrected chi connectivity index (χ2v) is 5.79. The molecule has 0 spiro atoms. The summed E-state index contributed by atoms with van der Waals surface area (Å²) in [6.07, 6.45) is 0. The predicted molar refractivity (Wildman–Crippen MR) is 80.1 cm³/mol. The minimum atomic E-state index is 0.0879. The van der Waals surface area contributed by atoms with E-state index in [1.807, 2.05) is 14.0 Å². The molecule has 100 valence electrons. The van der Waals surface area contributed by atoms with Crippen molar-refractivity contribution in [1.82, 2.24) is 4.98 Å². The molecule has 1 aromatic carbocycles.